The maximum Gasteiger partial charge on any atom is 0.220 e. The Morgan fingerprint density at radius 2 is 1.73 bits per heavy atom. The van der Waals surface area contributed by atoms with Gasteiger partial charge in [-0.2, -0.15) is 0 Å². The van der Waals surface area contributed by atoms with E-state index in [-0.39, 0.29) is 11.9 Å². The highest BCUT2D eigenvalue weighted by Crippen LogP contribution is 2.22. The predicted molar refractivity (Wildman–Crippen MR) is 106 cm³/mol. The summed E-state index contributed by atoms with van der Waals surface area (Å²) in [5.74, 6) is 0.919. The number of amides is 1. The number of ether oxygens (including phenoxy) is 1. The van der Waals surface area contributed by atoms with Crippen LogP contribution in [-0.2, 0) is 11.2 Å². The van der Waals surface area contributed by atoms with Gasteiger partial charge < -0.3 is 10.1 Å². The second-order valence-electron chi connectivity index (χ2n) is 6.44. The van der Waals surface area contributed by atoms with Crippen LogP contribution >= 0.6 is 0 Å². The summed E-state index contributed by atoms with van der Waals surface area (Å²) in [6.07, 6.45) is 1.12. The normalized spacial score (nSPS) is 11.9. The summed E-state index contributed by atoms with van der Waals surface area (Å²) < 4.78 is 5.63. The van der Waals surface area contributed by atoms with Gasteiger partial charge in [-0.05, 0) is 54.3 Å². The third kappa shape index (κ3) is 4.42. The second kappa shape index (κ2) is 8.52. The van der Waals surface area contributed by atoms with Crippen molar-refractivity contribution in [1.29, 1.82) is 0 Å². The summed E-state index contributed by atoms with van der Waals surface area (Å²) in [4.78, 5) is 12.4. The maximum absolute atomic E-state index is 12.4. The van der Waals surface area contributed by atoms with Crippen molar-refractivity contribution in [3.8, 4) is 5.75 Å². The van der Waals surface area contributed by atoms with E-state index in [1.807, 2.05) is 50.2 Å². The zero-order valence-corrected chi connectivity index (χ0v) is 15.4. The lowest BCUT2D eigenvalue weighted by atomic mass is 10.0. The Hall–Kier alpha value is -2.81. The molecule has 3 aromatic rings. The highest BCUT2D eigenvalue weighted by Gasteiger charge is 2.11. The first-order valence-corrected chi connectivity index (χ1v) is 9.16. The summed E-state index contributed by atoms with van der Waals surface area (Å²) in [6.45, 7) is 4.62. The van der Waals surface area contributed by atoms with Crippen LogP contribution < -0.4 is 10.1 Å². The first-order valence-electron chi connectivity index (χ1n) is 9.16. The monoisotopic (exact) mass is 347 g/mol. The van der Waals surface area contributed by atoms with Crippen molar-refractivity contribution in [2.75, 3.05) is 6.61 Å². The molecule has 1 amide bonds. The molecular formula is C23H25NO2. The molecular weight excluding hydrogens is 322 g/mol. The molecule has 3 rings (SSSR count). The number of nitrogens with one attached hydrogen (secondary N) is 1. The zero-order valence-electron chi connectivity index (χ0n) is 15.4. The fourth-order valence-electron chi connectivity index (χ4n) is 3.13. The van der Waals surface area contributed by atoms with Crippen molar-refractivity contribution in [3.63, 3.8) is 0 Å². The summed E-state index contributed by atoms with van der Waals surface area (Å²) in [5.41, 5.74) is 2.19. The lowest BCUT2D eigenvalue weighted by Crippen LogP contribution is -2.26. The standard InChI is InChI=1S/C23H25NO2/c1-3-26-22-11-7-6-9-19(22)14-15-23(25)24-17(2)20-13-12-18-8-4-5-10-21(18)16-20/h4-13,16-17H,3,14-15H2,1-2H3,(H,24,25). The van der Waals surface area contributed by atoms with Crippen LogP contribution in [0.3, 0.4) is 0 Å². The smallest absolute Gasteiger partial charge is 0.220 e. The highest BCUT2D eigenvalue weighted by molar-refractivity contribution is 5.83. The van der Waals surface area contributed by atoms with Gasteiger partial charge in [-0.3, -0.25) is 4.79 Å². The van der Waals surface area contributed by atoms with Crippen LogP contribution in [0.2, 0.25) is 0 Å². The number of carbonyl (C=O) groups excluding carboxylic acids is 1. The van der Waals surface area contributed by atoms with Crippen molar-refractivity contribution in [2.45, 2.75) is 32.7 Å². The SMILES string of the molecule is CCOc1ccccc1CCC(=O)NC(C)c1ccc2ccccc2c1. The number of aryl methyl sites for hydroxylation is 1. The fraction of sp³-hybridized carbons (Fsp3) is 0.261. The number of carbonyl (C=O) groups is 1. The van der Waals surface area contributed by atoms with E-state index in [1.165, 1.54) is 10.8 Å². The van der Waals surface area contributed by atoms with E-state index in [9.17, 15) is 4.79 Å². The van der Waals surface area contributed by atoms with Gasteiger partial charge in [-0.15, -0.1) is 0 Å². The molecule has 3 nitrogen and oxygen atoms in total. The Morgan fingerprint density at radius 3 is 2.54 bits per heavy atom. The van der Waals surface area contributed by atoms with Crippen LogP contribution in [0.4, 0.5) is 0 Å². The van der Waals surface area contributed by atoms with Crippen molar-refractivity contribution >= 4 is 16.7 Å². The summed E-state index contributed by atoms with van der Waals surface area (Å²) >= 11 is 0. The molecule has 0 fully saturated rings. The van der Waals surface area contributed by atoms with Gasteiger partial charge in [-0.1, -0.05) is 54.6 Å². The molecule has 0 saturated carbocycles. The van der Waals surface area contributed by atoms with E-state index < -0.39 is 0 Å². The summed E-state index contributed by atoms with van der Waals surface area (Å²) in [5, 5.41) is 5.50. The number of benzene rings is 3. The van der Waals surface area contributed by atoms with Gasteiger partial charge in [0.2, 0.25) is 5.91 Å². The molecule has 1 atom stereocenters. The Balaban J connectivity index is 1.60. The molecule has 0 aromatic heterocycles. The minimum absolute atomic E-state index is 0.0192. The first-order chi connectivity index (χ1) is 12.7. The molecule has 3 heteroatoms. The molecule has 1 N–H and O–H groups in total. The number of hydrogen-bond donors (Lipinski definition) is 1. The van der Waals surface area contributed by atoms with Crippen LogP contribution in [0.1, 0.15) is 37.4 Å². The highest BCUT2D eigenvalue weighted by atomic mass is 16.5. The molecule has 0 aliphatic heterocycles. The molecule has 0 aliphatic carbocycles. The average Bonchev–Trinajstić information content (AvgIpc) is 2.67. The lowest BCUT2D eigenvalue weighted by Gasteiger charge is -2.16. The van der Waals surface area contributed by atoms with E-state index in [0.717, 1.165) is 16.9 Å². The number of hydrogen-bond acceptors (Lipinski definition) is 2. The van der Waals surface area contributed by atoms with Crippen molar-refractivity contribution in [1.82, 2.24) is 5.32 Å². The zero-order chi connectivity index (χ0) is 18.4. The molecule has 26 heavy (non-hydrogen) atoms. The van der Waals surface area contributed by atoms with Crippen LogP contribution in [0.25, 0.3) is 10.8 Å². The Bertz CT molecular complexity index is 888. The quantitative estimate of drug-likeness (QED) is 0.649. The predicted octanol–water partition coefficient (Wildman–Crippen LogP) is 5.05. The minimum Gasteiger partial charge on any atom is -0.494 e. The maximum atomic E-state index is 12.4. The van der Waals surface area contributed by atoms with Gasteiger partial charge in [0.1, 0.15) is 5.75 Å². The minimum atomic E-state index is -0.0192. The van der Waals surface area contributed by atoms with Gasteiger partial charge in [-0.25, -0.2) is 0 Å². The lowest BCUT2D eigenvalue weighted by molar-refractivity contribution is -0.121. The van der Waals surface area contributed by atoms with Crippen molar-refractivity contribution in [3.05, 3.63) is 77.9 Å². The van der Waals surface area contributed by atoms with E-state index in [2.05, 4.69) is 35.6 Å². The Kier molecular flexibility index (Phi) is 5.90. The molecule has 1 unspecified atom stereocenters. The number of para-hydroxylation sites is 1. The molecule has 0 radical (unpaired) electrons. The molecule has 134 valence electrons. The Morgan fingerprint density at radius 1 is 1.00 bits per heavy atom. The van der Waals surface area contributed by atoms with Crippen molar-refractivity contribution in [2.24, 2.45) is 0 Å². The molecule has 0 aliphatic rings. The van der Waals surface area contributed by atoms with E-state index in [1.54, 1.807) is 0 Å². The average molecular weight is 347 g/mol. The summed E-state index contributed by atoms with van der Waals surface area (Å²) in [7, 11) is 0. The Labute approximate surface area is 155 Å². The van der Waals surface area contributed by atoms with Gasteiger partial charge >= 0.3 is 0 Å². The largest absolute Gasteiger partial charge is 0.494 e. The van der Waals surface area contributed by atoms with Crippen LogP contribution in [0.15, 0.2) is 66.7 Å². The molecule has 0 bridgehead atoms. The van der Waals surface area contributed by atoms with E-state index in [4.69, 9.17) is 4.74 Å². The fourth-order valence-corrected chi connectivity index (χ4v) is 3.13. The van der Waals surface area contributed by atoms with Gasteiger partial charge in [0.15, 0.2) is 0 Å². The van der Waals surface area contributed by atoms with Gasteiger partial charge in [0, 0.05) is 6.42 Å². The topological polar surface area (TPSA) is 38.3 Å². The molecule has 3 aromatic carbocycles. The molecule has 0 spiro atoms. The van der Waals surface area contributed by atoms with Crippen molar-refractivity contribution < 1.29 is 9.53 Å². The first kappa shape index (κ1) is 18.0. The van der Waals surface area contributed by atoms with Gasteiger partial charge in [0.25, 0.3) is 0 Å². The second-order valence-corrected chi connectivity index (χ2v) is 6.44. The van der Waals surface area contributed by atoms with Gasteiger partial charge in [0.05, 0.1) is 12.6 Å². The van der Waals surface area contributed by atoms with E-state index in [0.29, 0.717) is 19.4 Å². The number of fused-ring (bicyclic) bond motifs is 1. The van der Waals surface area contributed by atoms with Crippen LogP contribution in [0, 0.1) is 0 Å². The van der Waals surface area contributed by atoms with Crippen LogP contribution in [0.5, 0.6) is 5.75 Å². The third-order valence-corrected chi connectivity index (χ3v) is 4.54. The third-order valence-electron chi connectivity index (χ3n) is 4.54. The number of rotatable bonds is 7. The molecule has 0 saturated heterocycles. The van der Waals surface area contributed by atoms with Crippen LogP contribution in [-0.4, -0.2) is 12.5 Å². The van der Waals surface area contributed by atoms with E-state index >= 15 is 0 Å². The summed E-state index contributed by atoms with van der Waals surface area (Å²) in [6, 6.07) is 22.5. The molecule has 0 heterocycles.